The topological polar surface area (TPSA) is 68.0 Å². The van der Waals surface area contributed by atoms with Gasteiger partial charge in [-0.3, -0.25) is 0 Å². The molecule has 0 aliphatic carbocycles. The van der Waals surface area contributed by atoms with Crippen molar-refractivity contribution in [1.29, 1.82) is 0 Å². The van der Waals surface area contributed by atoms with Crippen LogP contribution in [-0.2, 0) is 4.74 Å². The number of esters is 1. The summed E-state index contributed by atoms with van der Waals surface area (Å²) in [5, 5.41) is 8.84. The molecule has 0 spiro atoms. The highest BCUT2D eigenvalue weighted by Gasteiger charge is 2.11. The van der Waals surface area contributed by atoms with Gasteiger partial charge in [0.2, 0.25) is 0 Å². The number of ether oxygens (including phenoxy) is 1. The Bertz CT molecular complexity index is 585. The largest absolute Gasteiger partial charge is 0.478 e. The first-order valence-corrected chi connectivity index (χ1v) is 5.14. The van der Waals surface area contributed by atoms with Crippen LogP contribution >= 0.6 is 0 Å². The lowest BCUT2D eigenvalue weighted by Gasteiger charge is -1.96. The lowest BCUT2D eigenvalue weighted by atomic mass is 10.2. The van der Waals surface area contributed by atoms with Crippen molar-refractivity contribution in [2.24, 2.45) is 0 Å². The number of nitrogens with zero attached hydrogens (tertiary/aromatic N) is 1. The van der Waals surface area contributed by atoms with Crippen molar-refractivity contribution in [3.8, 4) is 0 Å². The monoisotopic (exact) mass is 233 g/mol. The number of pyridine rings is 1. The molecule has 2 heterocycles. The zero-order valence-corrected chi connectivity index (χ0v) is 9.21. The Morgan fingerprint density at radius 2 is 2.06 bits per heavy atom. The van der Waals surface area contributed by atoms with Gasteiger partial charge in [0.1, 0.15) is 0 Å². The molecule has 5 heteroatoms. The molecule has 2 aromatic heterocycles. The van der Waals surface area contributed by atoms with Crippen LogP contribution in [0.5, 0.6) is 0 Å². The van der Waals surface area contributed by atoms with Gasteiger partial charge in [-0.15, -0.1) is 0 Å². The predicted octanol–water partition coefficient (Wildman–Crippen LogP) is 1.81. The number of fused-ring (bicyclic) bond motifs is 1. The maximum absolute atomic E-state index is 11.5. The fourth-order valence-corrected chi connectivity index (χ4v) is 1.57. The van der Waals surface area contributed by atoms with Gasteiger partial charge >= 0.3 is 11.9 Å². The van der Waals surface area contributed by atoms with Gasteiger partial charge in [0, 0.05) is 17.9 Å². The maximum Gasteiger partial charge on any atom is 0.339 e. The molecule has 17 heavy (non-hydrogen) atoms. The van der Waals surface area contributed by atoms with Gasteiger partial charge in [0.25, 0.3) is 0 Å². The Morgan fingerprint density at radius 1 is 1.35 bits per heavy atom. The molecular formula is C12H11NO4. The van der Waals surface area contributed by atoms with Crippen LogP contribution in [0.2, 0.25) is 0 Å². The summed E-state index contributed by atoms with van der Waals surface area (Å²) in [6, 6.07) is 4.58. The molecule has 0 aliphatic heterocycles. The van der Waals surface area contributed by atoms with Crippen molar-refractivity contribution in [1.82, 2.24) is 4.40 Å². The normalized spacial score (nSPS) is 10.4. The molecule has 0 saturated carbocycles. The van der Waals surface area contributed by atoms with E-state index in [1.54, 1.807) is 29.8 Å². The van der Waals surface area contributed by atoms with Crippen molar-refractivity contribution < 1.29 is 19.4 Å². The number of carbonyl (C=O) groups is 2. The summed E-state index contributed by atoms with van der Waals surface area (Å²) < 4.78 is 6.55. The molecule has 0 bridgehead atoms. The van der Waals surface area contributed by atoms with Crippen LogP contribution in [0.4, 0.5) is 0 Å². The van der Waals surface area contributed by atoms with E-state index in [0.717, 1.165) is 0 Å². The van der Waals surface area contributed by atoms with Crippen molar-refractivity contribution in [3.05, 3.63) is 41.7 Å². The van der Waals surface area contributed by atoms with Gasteiger partial charge in [-0.05, 0) is 25.1 Å². The molecule has 0 fully saturated rings. The first-order valence-electron chi connectivity index (χ1n) is 5.14. The predicted molar refractivity (Wildman–Crippen MR) is 60.3 cm³/mol. The number of carboxylic acid groups (broad SMARTS) is 1. The fourth-order valence-electron chi connectivity index (χ4n) is 1.57. The summed E-state index contributed by atoms with van der Waals surface area (Å²) >= 11 is 0. The number of hydrogen-bond acceptors (Lipinski definition) is 3. The summed E-state index contributed by atoms with van der Waals surface area (Å²) in [6.45, 7) is 2.04. The second-order valence-corrected chi connectivity index (χ2v) is 3.50. The van der Waals surface area contributed by atoms with Crippen LogP contribution in [-0.4, -0.2) is 28.1 Å². The molecule has 2 rings (SSSR count). The average Bonchev–Trinajstić information content (AvgIpc) is 2.71. The van der Waals surface area contributed by atoms with Gasteiger partial charge in [0.05, 0.1) is 17.7 Å². The van der Waals surface area contributed by atoms with Crippen LogP contribution in [0.3, 0.4) is 0 Å². The van der Waals surface area contributed by atoms with Gasteiger partial charge in [-0.2, -0.15) is 0 Å². The Hall–Kier alpha value is -2.30. The third kappa shape index (κ3) is 2.13. The van der Waals surface area contributed by atoms with Crippen molar-refractivity contribution in [3.63, 3.8) is 0 Å². The average molecular weight is 233 g/mol. The lowest BCUT2D eigenvalue weighted by molar-refractivity contribution is 0.0526. The van der Waals surface area contributed by atoms with Crippen LogP contribution in [0, 0.1) is 0 Å². The fraction of sp³-hybridized carbons (Fsp3) is 0.167. The summed E-state index contributed by atoms with van der Waals surface area (Å²) in [6.07, 6.45) is 3.21. The van der Waals surface area contributed by atoms with Crippen molar-refractivity contribution in [2.45, 2.75) is 6.92 Å². The molecule has 0 aromatic carbocycles. The third-order valence-corrected chi connectivity index (χ3v) is 2.36. The molecule has 0 atom stereocenters. The number of carboxylic acids is 1. The van der Waals surface area contributed by atoms with E-state index in [0.29, 0.717) is 17.7 Å². The Morgan fingerprint density at radius 3 is 2.71 bits per heavy atom. The molecule has 2 aromatic rings. The number of aromatic nitrogens is 1. The third-order valence-electron chi connectivity index (χ3n) is 2.36. The maximum atomic E-state index is 11.5. The minimum atomic E-state index is -0.994. The SMILES string of the molecule is CCOC(=O)c1cc2cc(C(=O)O)ccn2c1. The summed E-state index contributed by atoms with van der Waals surface area (Å²) in [7, 11) is 0. The van der Waals surface area contributed by atoms with E-state index >= 15 is 0 Å². The number of carbonyl (C=O) groups excluding carboxylic acids is 1. The van der Waals surface area contributed by atoms with E-state index in [1.807, 2.05) is 0 Å². The Balaban J connectivity index is 2.43. The van der Waals surface area contributed by atoms with Gasteiger partial charge in [-0.1, -0.05) is 0 Å². The molecule has 0 unspecified atom stereocenters. The molecular weight excluding hydrogens is 222 g/mol. The van der Waals surface area contributed by atoms with E-state index in [9.17, 15) is 9.59 Å². The molecule has 0 saturated heterocycles. The van der Waals surface area contributed by atoms with E-state index in [-0.39, 0.29) is 5.56 Å². The molecule has 1 N–H and O–H groups in total. The Kier molecular flexibility index (Phi) is 2.82. The number of rotatable bonds is 3. The summed E-state index contributed by atoms with van der Waals surface area (Å²) in [5.41, 5.74) is 1.24. The zero-order valence-electron chi connectivity index (χ0n) is 9.21. The van der Waals surface area contributed by atoms with Crippen molar-refractivity contribution in [2.75, 3.05) is 6.61 Å². The van der Waals surface area contributed by atoms with E-state index in [2.05, 4.69) is 0 Å². The summed E-state index contributed by atoms with van der Waals surface area (Å²) in [5.74, 6) is -1.40. The second kappa shape index (κ2) is 4.29. The van der Waals surface area contributed by atoms with Gasteiger partial charge in [-0.25, -0.2) is 9.59 Å². The standard InChI is InChI=1S/C12H11NO4/c1-2-17-12(16)9-6-10-5-8(11(14)15)3-4-13(10)7-9/h3-7H,2H2,1H3,(H,14,15). The number of hydrogen-bond donors (Lipinski definition) is 1. The van der Waals surface area contributed by atoms with Crippen molar-refractivity contribution >= 4 is 17.5 Å². The first-order chi connectivity index (χ1) is 8.11. The quantitative estimate of drug-likeness (QED) is 0.821. The van der Waals surface area contributed by atoms with Crippen LogP contribution < -0.4 is 0 Å². The Labute approximate surface area is 97.2 Å². The lowest BCUT2D eigenvalue weighted by Crippen LogP contribution is -2.02. The smallest absolute Gasteiger partial charge is 0.339 e. The zero-order chi connectivity index (χ0) is 12.4. The van der Waals surface area contributed by atoms with Gasteiger partial charge in [0.15, 0.2) is 0 Å². The minimum absolute atomic E-state index is 0.186. The molecule has 0 radical (unpaired) electrons. The molecule has 0 amide bonds. The van der Waals surface area contributed by atoms with E-state index < -0.39 is 11.9 Å². The van der Waals surface area contributed by atoms with Crippen LogP contribution in [0.15, 0.2) is 30.6 Å². The highest BCUT2D eigenvalue weighted by atomic mass is 16.5. The second-order valence-electron chi connectivity index (χ2n) is 3.50. The minimum Gasteiger partial charge on any atom is -0.478 e. The first kappa shape index (κ1) is 11.2. The number of aromatic carboxylic acids is 1. The highest BCUT2D eigenvalue weighted by molar-refractivity contribution is 5.93. The van der Waals surface area contributed by atoms with E-state index in [1.165, 1.54) is 12.1 Å². The van der Waals surface area contributed by atoms with E-state index in [4.69, 9.17) is 9.84 Å². The summed E-state index contributed by atoms with van der Waals surface area (Å²) in [4.78, 5) is 22.3. The van der Waals surface area contributed by atoms with Gasteiger partial charge < -0.3 is 14.2 Å². The molecule has 0 aliphatic rings. The molecule has 5 nitrogen and oxygen atoms in total. The highest BCUT2D eigenvalue weighted by Crippen LogP contribution is 2.13. The molecule has 88 valence electrons. The van der Waals surface area contributed by atoms with Crippen LogP contribution in [0.1, 0.15) is 27.6 Å². The van der Waals surface area contributed by atoms with Crippen LogP contribution in [0.25, 0.3) is 5.52 Å².